The van der Waals surface area contributed by atoms with Crippen LogP contribution in [0.15, 0.2) is 4.42 Å². The summed E-state index contributed by atoms with van der Waals surface area (Å²) >= 11 is 0. The molecule has 6 nitrogen and oxygen atoms in total. The molecule has 130 valence electrons. The van der Waals surface area contributed by atoms with Crippen LogP contribution in [0.3, 0.4) is 0 Å². The molecule has 0 spiro atoms. The van der Waals surface area contributed by atoms with Crippen molar-refractivity contribution in [1.29, 1.82) is 0 Å². The molecule has 1 unspecified atom stereocenters. The maximum atomic E-state index is 12.5. The van der Waals surface area contributed by atoms with Crippen LogP contribution in [0, 0.1) is 23.2 Å². The summed E-state index contributed by atoms with van der Waals surface area (Å²) in [7, 11) is 0. The molecule has 0 radical (unpaired) electrons. The van der Waals surface area contributed by atoms with Crippen molar-refractivity contribution in [2.24, 2.45) is 23.2 Å². The van der Waals surface area contributed by atoms with Gasteiger partial charge in [-0.25, -0.2) is 0 Å². The molecule has 6 rings (SSSR count). The number of nitrogens with zero attached hydrogens (tertiary/aromatic N) is 2. The molecule has 0 aliphatic heterocycles. The lowest BCUT2D eigenvalue weighted by Crippen LogP contribution is -2.58. The van der Waals surface area contributed by atoms with Crippen LogP contribution in [0.5, 0.6) is 0 Å². The standard InChI is InChI=1S/C18H25N3O3/c22-9-14(18-6-10-3-11(7-18)5-12(4-10)8-18)19-15(23)17-21-20-16(24-17)13-1-2-13/h10-14,22H,1-9H2,(H,19,23). The number of aliphatic hydroxyl groups is 1. The lowest BCUT2D eigenvalue weighted by atomic mass is 9.47. The number of carbonyl (C=O) groups is 1. The maximum absolute atomic E-state index is 12.5. The summed E-state index contributed by atoms with van der Waals surface area (Å²) in [4.78, 5) is 12.5. The van der Waals surface area contributed by atoms with E-state index in [4.69, 9.17) is 4.42 Å². The van der Waals surface area contributed by atoms with Crippen molar-refractivity contribution in [2.75, 3.05) is 6.61 Å². The van der Waals surface area contributed by atoms with Crippen molar-refractivity contribution in [3.63, 3.8) is 0 Å². The highest BCUT2D eigenvalue weighted by atomic mass is 16.4. The zero-order chi connectivity index (χ0) is 16.3. The number of aromatic nitrogens is 2. The zero-order valence-corrected chi connectivity index (χ0v) is 13.9. The van der Waals surface area contributed by atoms with Gasteiger partial charge in [0.25, 0.3) is 0 Å². The molecule has 5 aliphatic carbocycles. The van der Waals surface area contributed by atoms with E-state index in [1.165, 1.54) is 19.3 Å². The fourth-order valence-corrected chi connectivity index (χ4v) is 6.04. The molecule has 5 aliphatic rings. The highest BCUT2D eigenvalue weighted by Gasteiger charge is 2.54. The van der Waals surface area contributed by atoms with E-state index in [1.54, 1.807) is 0 Å². The number of rotatable bonds is 5. The van der Waals surface area contributed by atoms with Crippen LogP contribution in [0.2, 0.25) is 0 Å². The van der Waals surface area contributed by atoms with Gasteiger partial charge in [0.05, 0.1) is 12.6 Å². The number of nitrogens with one attached hydrogen (secondary N) is 1. The molecule has 2 N–H and O–H groups in total. The predicted octanol–water partition coefficient (Wildman–Crippen LogP) is 2.25. The molecule has 1 atom stereocenters. The Labute approximate surface area is 141 Å². The first-order valence-corrected chi connectivity index (χ1v) is 9.40. The van der Waals surface area contributed by atoms with E-state index >= 15 is 0 Å². The van der Waals surface area contributed by atoms with Gasteiger partial charge < -0.3 is 14.8 Å². The second kappa shape index (κ2) is 5.28. The van der Waals surface area contributed by atoms with Crippen molar-refractivity contribution in [3.05, 3.63) is 11.8 Å². The molecule has 5 fully saturated rings. The minimum absolute atomic E-state index is 0.0124. The third-order valence-corrected chi connectivity index (χ3v) is 6.87. The quantitative estimate of drug-likeness (QED) is 0.864. The van der Waals surface area contributed by atoms with Crippen molar-refractivity contribution in [3.8, 4) is 0 Å². The third kappa shape index (κ3) is 2.38. The topological polar surface area (TPSA) is 88.2 Å². The van der Waals surface area contributed by atoms with Crippen LogP contribution in [-0.2, 0) is 0 Å². The van der Waals surface area contributed by atoms with E-state index < -0.39 is 0 Å². The molecule has 1 aromatic rings. The molecule has 5 saturated carbocycles. The second-order valence-corrected chi connectivity index (χ2v) is 8.71. The highest BCUT2D eigenvalue weighted by Crippen LogP contribution is 2.61. The van der Waals surface area contributed by atoms with Gasteiger partial charge in [-0.2, -0.15) is 0 Å². The van der Waals surface area contributed by atoms with Crippen LogP contribution in [0.4, 0.5) is 0 Å². The Balaban J connectivity index is 1.33. The zero-order valence-electron chi connectivity index (χ0n) is 13.9. The molecule has 4 bridgehead atoms. The summed E-state index contributed by atoms with van der Waals surface area (Å²) in [5.74, 6) is 2.99. The number of aliphatic hydroxyl groups excluding tert-OH is 1. The number of hydrogen-bond acceptors (Lipinski definition) is 5. The predicted molar refractivity (Wildman–Crippen MR) is 85.2 cm³/mol. The van der Waals surface area contributed by atoms with E-state index in [0.29, 0.717) is 11.8 Å². The monoisotopic (exact) mass is 331 g/mol. The molecule has 24 heavy (non-hydrogen) atoms. The van der Waals surface area contributed by atoms with Crippen LogP contribution in [0.1, 0.15) is 73.9 Å². The summed E-state index contributed by atoms with van der Waals surface area (Å²) < 4.78 is 5.52. The lowest BCUT2D eigenvalue weighted by molar-refractivity contribution is -0.0806. The van der Waals surface area contributed by atoms with Crippen molar-refractivity contribution < 1.29 is 14.3 Å². The normalized spacial score (nSPS) is 38.3. The van der Waals surface area contributed by atoms with Crippen molar-refractivity contribution in [2.45, 2.75) is 63.3 Å². The summed E-state index contributed by atoms with van der Waals surface area (Å²) in [5, 5.41) is 20.9. The van der Waals surface area contributed by atoms with Gasteiger partial charge in [-0.3, -0.25) is 4.79 Å². The van der Waals surface area contributed by atoms with Crippen LogP contribution >= 0.6 is 0 Å². The van der Waals surface area contributed by atoms with Crippen molar-refractivity contribution >= 4 is 5.91 Å². The van der Waals surface area contributed by atoms with Crippen LogP contribution in [0.25, 0.3) is 0 Å². The summed E-state index contributed by atoms with van der Waals surface area (Å²) in [6, 6.07) is -0.199. The minimum atomic E-state index is -0.329. The Kier molecular flexibility index (Phi) is 3.27. The summed E-state index contributed by atoms with van der Waals surface area (Å²) in [5.41, 5.74) is 0.0680. The Bertz CT molecular complexity index is 616. The van der Waals surface area contributed by atoms with E-state index in [-0.39, 0.29) is 29.9 Å². The molecule has 0 aromatic carbocycles. The largest absolute Gasteiger partial charge is 0.417 e. The summed E-state index contributed by atoms with van der Waals surface area (Å²) in [6.45, 7) is -0.0124. The Morgan fingerprint density at radius 1 is 1.17 bits per heavy atom. The molecule has 0 saturated heterocycles. The fraction of sp³-hybridized carbons (Fsp3) is 0.833. The van der Waals surface area contributed by atoms with Gasteiger partial charge in [-0.1, -0.05) is 0 Å². The Morgan fingerprint density at radius 3 is 2.33 bits per heavy atom. The van der Waals surface area contributed by atoms with Crippen LogP contribution < -0.4 is 5.32 Å². The van der Waals surface area contributed by atoms with Gasteiger partial charge in [0.15, 0.2) is 0 Å². The first-order valence-electron chi connectivity index (χ1n) is 9.40. The average Bonchev–Trinajstić information content (AvgIpc) is 3.28. The van der Waals surface area contributed by atoms with Crippen molar-refractivity contribution in [1.82, 2.24) is 15.5 Å². The third-order valence-electron chi connectivity index (χ3n) is 6.87. The average molecular weight is 331 g/mol. The number of hydrogen-bond donors (Lipinski definition) is 2. The summed E-state index contributed by atoms with van der Waals surface area (Å²) in [6.07, 6.45) is 9.59. The first kappa shape index (κ1) is 14.9. The number of carbonyl (C=O) groups excluding carboxylic acids is 1. The molecule has 1 aromatic heterocycles. The van der Waals surface area contributed by atoms with Gasteiger partial charge in [-0.05, 0) is 74.5 Å². The minimum Gasteiger partial charge on any atom is -0.417 e. The first-order chi connectivity index (χ1) is 11.6. The van der Waals surface area contributed by atoms with Gasteiger partial charge >= 0.3 is 11.8 Å². The second-order valence-electron chi connectivity index (χ2n) is 8.71. The van der Waals surface area contributed by atoms with Gasteiger partial charge in [-0.15, -0.1) is 10.2 Å². The van der Waals surface area contributed by atoms with E-state index in [1.807, 2.05) is 0 Å². The SMILES string of the molecule is O=C(NC(CO)C12CC3CC(CC(C3)C1)C2)c1nnc(C2CC2)o1. The molecule has 6 heteroatoms. The Morgan fingerprint density at radius 2 is 1.79 bits per heavy atom. The van der Waals surface area contributed by atoms with Gasteiger partial charge in [0.2, 0.25) is 5.89 Å². The Hall–Kier alpha value is -1.43. The lowest BCUT2D eigenvalue weighted by Gasteiger charge is -2.59. The van der Waals surface area contributed by atoms with Crippen LogP contribution in [-0.4, -0.2) is 33.9 Å². The number of amides is 1. The van der Waals surface area contributed by atoms with E-state index in [9.17, 15) is 9.90 Å². The van der Waals surface area contributed by atoms with E-state index in [2.05, 4.69) is 15.5 Å². The molecule has 1 amide bonds. The fourth-order valence-electron chi connectivity index (χ4n) is 6.04. The molecule has 1 heterocycles. The molecular weight excluding hydrogens is 306 g/mol. The maximum Gasteiger partial charge on any atom is 0.309 e. The smallest absolute Gasteiger partial charge is 0.309 e. The van der Waals surface area contributed by atoms with Gasteiger partial charge in [0.1, 0.15) is 0 Å². The highest BCUT2D eigenvalue weighted by molar-refractivity contribution is 5.89. The van der Waals surface area contributed by atoms with E-state index in [0.717, 1.165) is 49.9 Å². The molecular formula is C18H25N3O3. The van der Waals surface area contributed by atoms with Gasteiger partial charge in [0, 0.05) is 5.92 Å².